The van der Waals surface area contributed by atoms with Crippen molar-refractivity contribution in [3.63, 3.8) is 0 Å². The van der Waals surface area contributed by atoms with Gasteiger partial charge in [0.05, 0.1) is 12.6 Å². The fourth-order valence-electron chi connectivity index (χ4n) is 2.93. The maximum Gasteiger partial charge on any atom is 0.275 e. The fourth-order valence-corrected chi connectivity index (χ4v) is 3.19. The van der Waals surface area contributed by atoms with Crippen LogP contribution in [0.15, 0.2) is 28.7 Å². The second-order valence-electron chi connectivity index (χ2n) is 5.42. The number of carbonyl (C=O) groups excluding carboxylic acids is 1. The molecule has 2 heterocycles. The second kappa shape index (κ2) is 6.43. The van der Waals surface area contributed by atoms with Gasteiger partial charge in [-0.25, -0.2) is 0 Å². The van der Waals surface area contributed by atoms with Gasteiger partial charge in [-0.2, -0.15) is 5.10 Å². The largest absolute Gasteiger partial charge is 0.354 e. The molecule has 1 atom stereocenters. The Morgan fingerprint density at radius 1 is 1.30 bits per heavy atom. The van der Waals surface area contributed by atoms with Crippen molar-refractivity contribution in [3.8, 4) is 0 Å². The number of hydrogen-bond donors (Lipinski definition) is 1. The van der Waals surface area contributed by atoms with Gasteiger partial charge in [0.2, 0.25) is 0 Å². The molecule has 1 amide bonds. The number of fused-ring (bicyclic) bond motifs is 1. The number of aromatic amines is 1. The molecule has 0 bridgehead atoms. The van der Waals surface area contributed by atoms with Gasteiger partial charge in [0.25, 0.3) is 5.91 Å². The Labute approximate surface area is 142 Å². The zero-order valence-corrected chi connectivity index (χ0v) is 14.8. The first-order valence-corrected chi connectivity index (χ1v) is 8.03. The molecular weight excluding hydrogens is 362 g/mol. The van der Waals surface area contributed by atoms with Crippen LogP contribution in [0.4, 0.5) is 0 Å². The molecule has 1 N–H and O–H groups in total. The highest BCUT2D eigenvalue weighted by Crippen LogP contribution is 2.39. The van der Waals surface area contributed by atoms with Crippen molar-refractivity contribution in [2.45, 2.75) is 19.3 Å². The van der Waals surface area contributed by atoms with Crippen molar-refractivity contribution in [2.24, 2.45) is 0 Å². The average Bonchev–Trinajstić information content (AvgIpc) is 3.05. The molecule has 1 aromatic heterocycles. The maximum atomic E-state index is 12.8. The van der Waals surface area contributed by atoms with Gasteiger partial charge < -0.3 is 14.4 Å². The lowest BCUT2D eigenvalue weighted by molar-refractivity contribution is -0.113. The van der Waals surface area contributed by atoms with E-state index in [1.165, 1.54) is 0 Å². The van der Waals surface area contributed by atoms with E-state index in [2.05, 4.69) is 26.1 Å². The van der Waals surface area contributed by atoms with E-state index in [1.807, 2.05) is 31.2 Å². The molecule has 122 valence electrons. The molecule has 6 nitrogen and oxygen atoms in total. The fraction of sp³-hybridized carbons (Fsp3) is 0.375. The van der Waals surface area contributed by atoms with Crippen LogP contribution in [-0.4, -0.2) is 48.1 Å². The number of rotatable bonds is 5. The van der Waals surface area contributed by atoms with Crippen LogP contribution >= 0.6 is 15.9 Å². The third-order valence-electron chi connectivity index (χ3n) is 4.10. The van der Waals surface area contributed by atoms with Gasteiger partial charge in [-0.1, -0.05) is 28.1 Å². The second-order valence-corrected chi connectivity index (χ2v) is 6.34. The van der Waals surface area contributed by atoms with Crippen molar-refractivity contribution in [1.29, 1.82) is 0 Å². The molecule has 23 heavy (non-hydrogen) atoms. The number of methoxy groups -OCH3 is 2. The lowest BCUT2D eigenvalue weighted by Gasteiger charge is -2.29. The first-order valence-electron chi connectivity index (χ1n) is 7.23. The summed E-state index contributed by atoms with van der Waals surface area (Å²) in [5.41, 5.74) is 3.32. The first-order chi connectivity index (χ1) is 11.1. The molecule has 0 aliphatic carbocycles. The Kier molecular flexibility index (Phi) is 4.52. The molecule has 2 aromatic rings. The minimum absolute atomic E-state index is 0.114. The Hall–Kier alpha value is -1.70. The number of benzene rings is 1. The van der Waals surface area contributed by atoms with E-state index in [4.69, 9.17) is 9.47 Å². The van der Waals surface area contributed by atoms with Crippen LogP contribution in [0.3, 0.4) is 0 Å². The molecule has 0 saturated carbocycles. The number of amides is 1. The number of aryl methyl sites for hydroxylation is 1. The lowest BCUT2D eigenvalue weighted by Crippen LogP contribution is -2.38. The first kappa shape index (κ1) is 16.2. The highest BCUT2D eigenvalue weighted by Gasteiger charge is 2.42. The molecule has 0 spiro atoms. The summed E-state index contributed by atoms with van der Waals surface area (Å²) in [5, 5.41) is 7.09. The van der Waals surface area contributed by atoms with Crippen LogP contribution in [0.1, 0.15) is 33.4 Å². The standard InChI is InChI=1S/C16H18BrN3O3/c1-9-13-14(19-18-9)16(21)20(8-12(22-2)23-3)15(13)10-4-6-11(17)7-5-10/h4-7,12,15H,8H2,1-3H3,(H,18,19). The van der Waals surface area contributed by atoms with E-state index < -0.39 is 6.29 Å². The topological polar surface area (TPSA) is 67.5 Å². The van der Waals surface area contributed by atoms with Gasteiger partial charge in [-0.3, -0.25) is 9.89 Å². The number of H-pyrrole nitrogens is 1. The summed E-state index contributed by atoms with van der Waals surface area (Å²) in [6, 6.07) is 7.75. The van der Waals surface area contributed by atoms with Gasteiger partial charge in [0, 0.05) is 29.9 Å². The van der Waals surface area contributed by atoms with E-state index in [1.54, 1.807) is 19.1 Å². The average molecular weight is 380 g/mol. The van der Waals surface area contributed by atoms with E-state index >= 15 is 0 Å². The number of aromatic nitrogens is 2. The third-order valence-corrected chi connectivity index (χ3v) is 4.63. The molecule has 1 aliphatic heterocycles. The van der Waals surface area contributed by atoms with Crippen molar-refractivity contribution >= 4 is 21.8 Å². The number of hydrogen-bond acceptors (Lipinski definition) is 4. The molecule has 0 fully saturated rings. The Morgan fingerprint density at radius 3 is 2.57 bits per heavy atom. The van der Waals surface area contributed by atoms with Crippen molar-refractivity contribution < 1.29 is 14.3 Å². The normalized spacial score (nSPS) is 17.2. The quantitative estimate of drug-likeness (QED) is 0.810. The molecule has 7 heteroatoms. The van der Waals surface area contributed by atoms with Crippen LogP contribution in [0, 0.1) is 6.92 Å². The summed E-state index contributed by atoms with van der Waals surface area (Å²) in [6.45, 7) is 2.26. The highest BCUT2D eigenvalue weighted by atomic mass is 79.9. The number of nitrogens with zero attached hydrogens (tertiary/aromatic N) is 2. The van der Waals surface area contributed by atoms with E-state index in [0.29, 0.717) is 12.2 Å². The molecule has 1 aromatic carbocycles. The van der Waals surface area contributed by atoms with Gasteiger partial charge in [0.1, 0.15) is 0 Å². The summed E-state index contributed by atoms with van der Waals surface area (Å²) < 4.78 is 11.5. The summed E-state index contributed by atoms with van der Waals surface area (Å²) in [5.74, 6) is -0.114. The van der Waals surface area contributed by atoms with Crippen molar-refractivity contribution in [3.05, 3.63) is 51.3 Å². The van der Waals surface area contributed by atoms with E-state index in [-0.39, 0.29) is 11.9 Å². The summed E-state index contributed by atoms with van der Waals surface area (Å²) in [7, 11) is 3.13. The smallest absolute Gasteiger partial charge is 0.275 e. The van der Waals surface area contributed by atoms with E-state index in [0.717, 1.165) is 21.3 Å². The predicted molar refractivity (Wildman–Crippen MR) is 88.2 cm³/mol. The van der Waals surface area contributed by atoms with Crippen LogP contribution < -0.4 is 0 Å². The van der Waals surface area contributed by atoms with Crippen molar-refractivity contribution in [1.82, 2.24) is 15.1 Å². The molecule has 3 rings (SSSR count). The van der Waals surface area contributed by atoms with Crippen LogP contribution in [0.2, 0.25) is 0 Å². The van der Waals surface area contributed by atoms with Gasteiger partial charge >= 0.3 is 0 Å². The summed E-state index contributed by atoms with van der Waals surface area (Å²) in [4.78, 5) is 14.5. The minimum Gasteiger partial charge on any atom is -0.354 e. The van der Waals surface area contributed by atoms with Gasteiger partial charge in [0.15, 0.2) is 12.0 Å². The van der Waals surface area contributed by atoms with Gasteiger partial charge in [-0.05, 0) is 24.6 Å². The zero-order chi connectivity index (χ0) is 16.6. The third kappa shape index (κ3) is 2.80. The highest BCUT2D eigenvalue weighted by molar-refractivity contribution is 9.10. The molecule has 0 radical (unpaired) electrons. The summed E-state index contributed by atoms with van der Waals surface area (Å²) >= 11 is 3.44. The monoisotopic (exact) mass is 379 g/mol. The Morgan fingerprint density at radius 2 is 1.96 bits per heavy atom. The number of ether oxygens (including phenoxy) is 2. The Balaban J connectivity index is 2.04. The van der Waals surface area contributed by atoms with Crippen LogP contribution in [-0.2, 0) is 9.47 Å². The molecule has 0 saturated heterocycles. The summed E-state index contributed by atoms with van der Waals surface area (Å²) in [6.07, 6.45) is -0.481. The zero-order valence-electron chi connectivity index (χ0n) is 13.2. The molecule has 1 aliphatic rings. The van der Waals surface area contributed by atoms with Crippen molar-refractivity contribution in [2.75, 3.05) is 20.8 Å². The number of nitrogens with one attached hydrogen (secondary N) is 1. The van der Waals surface area contributed by atoms with Crippen LogP contribution in [0.5, 0.6) is 0 Å². The predicted octanol–water partition coefficient (Wildman–Crippen LogP) is 2.64. The molecule has 1 unspecified atom stereocenters. The lowest BCUT2D eigenvalue weighted by atomic mass is 9.99. The van der Waals surface area contributed by atoms with E-state index in [9.17, 15) is 4.79 Å². The van der Waals surface area contributed by atoms with Gasteiger partial charge in [-0.15, -0.1) is 0 Å². The Bertz CT molecular complexity index is 710. The number of carbonyl (C=O) groups is 1. The minimum atomic E-state index is -0.481. The number of halogens is 1. The SMILES string of the molecule is COC(CN1C(=O)c2n[nH]c(C)c2C1c1ccc(Br)cc1)OC. The van der Waals surface area contributed by atoms with Crippen LogP contribution in [0.25, 0.3) is 0 Å². The molecular formula is C16H18BrN3O3. The maximum absolute atomic E-state index is 12.8.